The molecule has 2 heterocycles. The smallest absolute Gasteiger partial charge is 0.273 e. The van der Waals surface area contributed by atoms with Crippen LogP contribution in [0.15, 0.2) is 63.7 Å². The average Bonchev–Trinajstić information content (AvgIpc) is 3.28. The van der Waals surface area contributed by atoms with Crippen molar-refractivity contribution in [2.75, 3.05) is 13.7 Å². The van der Waals surface area contributed by atoms with Gasteiger partial charge in [0.2, 0.25) is 0 Å². The number of aromatic nitrogens is 1. The molecular weight excluding hydrogens is 296 g/mol. The van der Waals surface area contributed by atoms with Gasteiger partial charge in [0, 0.05) is 18.7 Å². The summed E-state index contributed by atoms with van der Waals surface area (Å²) in [6.45, 7) is 0.274. The Labute approximate surface area is 133 Å². The van der Waals surface area contributed by atoms with Crippen molar-refractivity contribution in [1.82, 2.24) is 10.5 Å². The second-order valence-electron chi connectivity index (χ2n) is 4.89. The number of nitrogens with one attached hydrogen (secondary N) is 1. The van der Waals surface area contributed by atoms with Crippen LogP contribution in [0.25, 0.3) is 11.3 Å². The van der Waals surface area contributed by atoms with E-state index in [1.807, 2.05) is 30.3 Å². The number of carbonyl (C=O) groups is 1. The number of furan rings is 1. The molecule has 6 heteroatoms. The molecule has 23 heavy (non-hydrogen) atoms. The Morgan fingerprint density at radius 1 is 1.26 bits per heavy atom. The van der Waals surface area contributed by atoms with Gasteiger partial charge in [-0.2, -0.15) is 0 Å². The standard InChI is InChI=1S/C17H16N2O4/c1-21-16(14-8-5-9-22-14)11-18-17(20)13-10-15(23-19-13)12-6-3-2-4-7-12/h2-10,16H,11H2,1H3,(H,18,20). The summed E-state index contributed by atoms with van der Waals surface area (Å²) >= 11 is 0. The molecule has 1 unspecified atom stereocenters. The molecule has 0 radical (unpaired) electrons. The predicted octanol–water partition coefficient (Wildman–Crippen LogP) is 3.05. The van der Waals surface area contributed by atoms with Gasteiger partial charge in [-0.05, 0) is 12.1 Å². The number of benzene rings is 1. The summed E-state index contributed by atoms with van der Waals surface area (Å²) < 4.78 is 15.8. The van der Waals surface area contributed by atoms with Gasteiger partial charge in [-0.3, -0.25) is 4.79 Å². The van der Waals surface area contributed by atoms with Crippen molar-refractivity contribution in [1.29, 1.82) is 0 Å². The summed E-state index contributed by atoms with van der Waals surface area (Å²) in [5.41, 5.74) is 1.09. The summed E-state index contributed by atoms with van der Waals surface area (Å²) in [6, 6.07) is 14.7. The van der Waals surface area contributed by atoms with Crippen LogP contribution in [0, 0.1) is 0 Å². The van der Waals surface area contributed by atoms with Crippen LogP contribution in [0.2, 0.25) is 0 Å². The number of ether oxygens (including phenoxy) is 1. The summed E-state index contributed by atoms with van der Waals surface area (Å²) in [5.74, 6) is 0.868. The second kappa shape index (κ2) is 6.93. The number of nitrogens with zero attached hydrogens (tertiary/aromatic N) is 1. The Hall–Kier alpha value is -2.86. The Morgan fingerprint density at radius 2 is 2.09 bits per heavy atom. The fourth-order valence-corrected chi connectivity index (χ4v) is 2.17. The maximum Gasteiger partial charge on any atom is 0.273 e. The van der Waals surface area contributed by atoms with Crippen molar-refractivity contribution in [3.63, 3.8) is 0 Å². The monoisotopic (exact) mass is 312 g/mol. The molecule has 1 amide bonds. The zero-order valence-corrected chi connectivity index (χ0v) is 12.6. The molecule has 0 saturated carbocycles. The number of carbonyl (C=O) groups excluding carboxylic acids is 1. The highest BCUT2D eigenvalue weighted by Crippen LogP contribution is 2.20. The van der Waals surface area contributed by atoms with Crippen LogP contribution in [0.5, 0.6) is 0 Å². The van der Waals surface area contributed by atoms with Gasteiger partial charge in [-0.15, -0.1) is 0 Å². The number of rotatable bonds is 6. The zero-order chi connectivity index (χ0) is 16.1. The fourth-order valence-electron chi connectivity index (χ4n) is 2.17. The van der Waals surface area contributed by atoms with Crippen LogP contribution in [-0.4, -0.2) is 24.7 Å². The average molecular weight is 312 g/mol. The molecule has 0 spiro atoms. The lowest BCUT2D eigenvalue weighted by Crippen LogP contribution is -2.29. The molecule has 3 rings (SSSR count). The molecule has 0 fully saturated rings. The van der Waals surface area contributed by atoms with Gasteiger partial charge in [0.25, 0.3) is 5.91 Å². The molecule has 0 aliphatic heterocycles. The third-order valence-corrected chi connectivity index (χ3v) is 3.39. The first-order valence-corrected chi connectivity index (χ1v) is 7.14. The third kappa shape index (κ3) is 3.49. The van der Waals surface area contributed by atoms with Crippen LogP contribution in [0.4, 0.5) is 0 Å². The molecule has 1 N–H and O–H groups in total. The Morgan fingerprint density at radius 3 is 2.78 bits per heavy atom. The molecule has 1 aromatic carbocycles. The van der Waals surface area contributed by atoms with Crippen molar-refractivity contribution >= 4 is 5.91 Å². The third-order valence-electron chi connectivity index (χ3n) is 3.39. The lowest BCUT2D eigenvalue weighted by molar-refractivity contribution is 0.0734. The summed E-state index contributed by atoms with van der Waals surface area (Å²) in [7, 11) is 1.56. The maximum absolute atomic E-state index is 12.2. The summed E-state index contributed by atoms with van der Waals surface area (Å²) in [5, 5.41) is 6.56. The van der Waals surface area contributed by atoms with Crippen molar-refractivity contribution in [2.45, 2.75) is 6.10 Å². The van der Waals surface area contributed by atoms with E-state index >= 15 is 0 Å². The van der Waals surface area contributed by atoms with Crippen LogP contribution in [-0.2, 0) is 4.74 Å². The minimum Gasteiger partial charge on any atom is -0.467 e. The highest BCUT2D eigenvalue weighted by Gasteiger charge is 2.18. The molecule has 3 aromatic rings. The topological polar surface area (TPSA) is 77.5 Å². The molecule has 0 saturated heterocycles. The minimum atomic E-state index is -0.352. The Balaban J connectivity index is 1.64. The molecule has 0 bridgehead atoms. The van der Waals surface area contributed by atoms with Gasteiger partial charge in [-0.25, -0.2) is 0 Å². The molecule has 0 aliphatic rings. The van der Waals surface area contributed by atoms with Gasteiger partial charge >= 0.3 is 0 Å². The minimum absolute atomic E-state index is 0.221. The fraction of sp³-hybridized carbons (Fsp3) is 0.176. The molecule has 6 nitrogen and oxygen atoms in total. The number of hydrogen-bond donors (Lipinski definition) is 1. The van der Waals surface area contributed by atoms with Crippen molar-refractivity contribution in [3.8, 4) is 11.3 Å². The van der Waals surface area contributed by atoms with E-state index in [9.17, 15) is 4.79 Å². The van der Waals surface area contributed by atoms with E-state index in [1.165, 1.54) is 0 Å². The molecule has 118 valence electrons. The Kier molecular flexibility index (Phi) is 4.54. The number of hydrogen-bond acceptors (Lipinski definition) is 5. The summed E-state index contributed by atoms with van der Waals surface area (Å²) in [6.07, 6.45) is 1.21. The van der Waals surface area contributed by atoms with Gasteiger partial charge in [0.1, 0.15) is 11.9 Å². The number of amides is 1. The molecule has 0 aliphatic carbocycles. The van der Waals surface area contributed by atoms with Crippen LogP contribution in [0.3, 0.4) is 0 Å². The van der Waals surface area contributed by atoms with Gasteiger partial charge < -0.3 is 19.0 Å². The molecular formula is C17H16N2O4. The number of methoxy groups -OCH3 is 1. The van der Waals surface area contributed by atoms with Gasteiger partial charge in [0.15, 0.2) is 11.5 Å². The van der Waals surface area contributed by atoms with E-state index in [4.69, 9.17) is 13.7 Å². The van der Waals surface area contributed by atoms with Crippen LogP contribution in [0.1, 0.15) is 22.4 Å². The highest BCUT2D eigenvalue weighted by atomic mass is 16.5. The van der Waals surface area contributed by atoms with Gasteiger partial charge in [-0.1, -0.05) is 35.5 Å². The Bertz CT molecular complexity index is 750. The first-order chi connectivity index (χ1) is 11.3. The van der Waals surface area contributed by atoms with E-state index in [2.05, 4.69) is 10.5 Å². The van der Waals surface area contributed by atoms with E-state index < -0.39 is 0 Å². The second-order valence-corrected chi connectivity index (χ2v) is 4.89. The van der Waals surface area contributed by atoms with Crippen molar-refractivity contribution < 1.29 is 18.5 Å². The lowest BCUT2D eigenvalue weighted by atomic mass is 10.1. The summed E-state index contributed by atoms with van der Waals surface area (Å²) in [4.78, 5) is 12.2. The van der Waals surface area contributed by atoms with E-state index in [0.29, 0.717) is 11.5 Å². The van der Waals surface area contributed by atoms with E-state index in [0.717, 1.165) is 5.56 Å². The normalized spacial score (nSPS) is 12.0. The zero-order valence-electron chi connectivity index (χ0n) is 12.6. The first kappa shape index (κ1) is 15.1. The molecule has 1 atom stereocenters. The lowest BCUT2D eigenvalue weighted by Gasteiger charge is -2.12. The van der Waals surface area contributed by atoms with Gasteiger partial charge in [0.05, 0.1) is 12.8 Å². The largest absolute Gasteiger partial charge is 0.467 e. The van der Waals surface area contributed by atoms with E-state index in [-0.39, 0.29) is 24.2 Å². The molecule has 2 aromatic heterocycles. The van der Waals surface area contributed by atoms with Crippen LogP contribution >= 0.6 is 0 Å². The maximum atomic E-state index is 12.2. The highest BCUT2D eigenvalue weighted by molar-refractivity contribution is 5.93. The quantitative estimate of drug-likeness (QED) is 0.757. The van der Waals surface area contributed by atoms with Crippen molar-refractivity contribution in [3.05, 3.63) is 66.2 Å². The van der Waals surface area contributed by atoms with E-state index in [1.54, 1.807) is 31.6 Å². The predicted molar refractivity (Wildman–Crippen MR) is 82.7 cm³/mol. The van der Waals surface area contributed by atoms with Crippen molar-refractivity contribution in [2.24, 2.45) is 0 Å². The SMILES string of the molecule is COC(CNC(=O)c1cc(-c2ccccc2)on1)c1ccco1. The van der Waals surface area contributed by atoms with Crippen LogP contribution < -0.4 is 5.32 Å². The first-order valence-electron chi connectivity index (χ1n) is 7.14.